The van der Waals surface area contributed by atoms with E-state index in [-0.39, 0.29) is 11.7 Å². The lowest BCUT2D eigenvalue weighted by Crippen LogP contribution is -2.46. The fourth-order valence-electron chi connectivity index (χ4n) is 1.77. The number of carbonyl (C=O) groups excluding carboxylic acids is 1. The Balaban J connectivity index is 2.16. The predicted molar refractivity (Wildman–Crippen MR) is 80.2 cm³/mol. The minimum absolute atomic E-state index is 0.00652. The first-order valence-electron chi connectivity index (χ1n) is 6.84. The van der Waals surface area contributed by atoms with E-state index in [4.69, 9.17) is 19.7 Å². The van der Waals surface area contributed by atoms with Gasteiger partial charge in [-0.3, -0.25) is 9.80 Å². The Bertz CT molecular complexity index is 686. The topological polar surface area (TPSA) is 77.9 Å². The number of alkyl halides is 1. The third kappa shape index (κ3) is 4.37. The number of nitrogens with zero attached hydrogens (tertiary/aromatic N) is 1. The molecule has 2 N–H and O–H groups in total. The van der Waals surface area contributed by atoms with Crippen molar-refractivity contribution in [3.63, 3.8) is 0 Å². The summed E-state index contributed by atoms with van der Waals surface area (Å²) in [6.45, 7) is 2.26. The largest absolute Gasteiger partial charge is 0.428 e. The van der Waals surface area contributed by atoms with E-state index in [0.717, 1.165) is 0 Å². The molecule has 23 heavy (non-hydrogen) atoms. The quantitative estimate of drug-likeness (QED) is 0.396. The van der Waals surface area contributed by atoms with Gasteiger partial charge in [-0.15, -0.1) is 0 Å². The molecule has 122 valence electrons. The van der Waals surface area contributed by atoms with Gasteiger partial charge in [0.15, 0.2) is 0 Å². The molecule has 0 amide bonds. The van der Waals surface area contributed by atoms with Crippen molar-refractivity contribution >= 4 is 5.97 Å². The summed E-state index contributed by atoms with van der Waals surface area (Å²) in [5.74, 6) is 11.0. The Morgan fingerprint density at radius 3 is 2.91 bits per heavy atom. The fourth-order valence-corrected chi connectivity index (χ4v) is 1.77. The smallest absolute Gasteiger partial charge is 0.311 e. The van der Waals surface area contributed by atoms with Crippen molar-refractivity contribution in [2.24, 2.45) is 5.84 Å². The Kier molecular flexibility index (Phi) is 5.09. The van der Waals surface area contributed by atoms with Crippen LogP contribution >= 0.6 is 0 Å². The molecular weight excluding hydrogens is 303 g/mol. The van der Waals surface area contributed by atoms with Crippen molar-refractivity contribution in [3.8, 4) is 17.8 Å². The maximum atomic E-state index is 12.5. The van der Waals surface area contributed by atoms with E-state index < -0.39 is 24.5 Å². The van der Waals surface area contributed by atoms with Crippen LogP contribution in [0.5, 0.6) is 5.95 Å². The van der Waals surface area contributed by atoms with E-state index >= 15 is 0 Å². The molecular formula is C16H17FN2O4. The van der Waals surface area contributed by atoms with E-state index in [2.05, 4.69) is 11.8 Å². The summed E-state index contributed by atoms with van der Waals surface area (Å²) < 4.78 is 27.8. The van der Waals surface area contributed by atoms with E-state index in [1.807, 2.05) is 0 Å². The summed E-state index contributed by atoms with van der Waals surface area (Å²) in [6, 6.07) is 2.85. The van der Waals surface area contributed by atoms with Crippen LogP contribution in [0.15, 0.2) is 41.0 Å². The molecule has 0 bridgehead atoms. The Hall–Kier alpha value is -2.72. The summed E-state index contributed by atoms with van der Waals surface area (Å²) in [4.78, 5) is 11.2. The van der Waals surface area contributed by atoms with Crippen LogP contribution in [0.1, 0.15) is 19.6 Å². The number of carbonyl (C=O) groups is 1. The molecule has 2 atom stereocenters. The molecule has 0 radical (unpaired) electrons. The van der Waals surface area contributed by atoms with Gasteiger partial charge in [0.2, 0.25) is 0 Å². The number of hydrazine groups is 1. The normalized spacial score (nSPS) is 20.6. The number of furan rings is 1. The van der Waals surface area contributed by atoms with E-state index in [1.54, 1.807) is 31.4 Å². The van der Waals surface area contributed by atoms with Crippen molar-refractivity contribution in [2.75, 3.05) is 0 Å². The number of hydrogen-bond acceptors (Lipinski definition) is 6. The van der Waals surface area contributed by atoms with Crippen molar-refractivity contribution in [1.29, 1.82) is 0 Å². The van der Waals surface area contributed by atoms with Crippen LogP contribution < -0.4 is 10.6 Å². The molecule has 6 nitrogen and oxygen atoms in total. The molecule has 0 fully saturated rings. The van der Waals surface area contributed by atoms with Crippen molar-refractivity contribution in [1.82, 2.24) is 5.01 Å². The first kappa shape index (κ1) is 16.6. The van der Waals surface area contributed by atoms with Crippen LogP contribution in [0.3, 0.4) is 0 Å². The maximum absolute atomic E-state index is 12.5. The van der Waals surface area contributed by atoms with Crippen LogP contribution in [0, 0.1) is 11.8 Å². The average molecular weight is 320 g/mol. The minimum Gasteiger partial charge on any atom is -0.428 e. The van der Waals surface area contributed by atoms with Crippen LogP contribution in [-0.2, 0) is 16.2 Å². The van der Waals surface area contributed by atoms with Crippen molar-refractivity contribution in [3.05, 3.63) is 42.3 Å². The first-order chi connectivity index (χ1) is 10.9. The standard InChI is InChI=1S/C16H17FN2O4/c1-12(20)21-15(23-14-6-5-13(11-17)22-14)7-9-16(2)8-3-4-10-19(16)18/h3-6,8,10,15H,11,18H2,1-2H3. The summed E-state index contributed by atoms with van der Waals surface area (Å²) in [5.41, 5.74) is -0.774. The highest BCUT2D eigenvalue weighted by molar-refractivity contribution is 5.66. The number of rotatable bonds is 4. The molecule has 0 saturated heterocycles. The van der Waals surface area contributed by atoms with Crippen LogP contribution in [-0.4, -0.2) is 22.8 Å². The third-order valence-corrected chi connectivity index (χ3v) is 3.02. The third-order valence-electron chi connectivity index (χ3n) is 3.02. The predicted octanol–water partition coefficient (Wildman–Crippen LogP) is 2.04. The SMILES string of the molecule is CC(=O)OC(C#CC1(C)C=CC=CN1N)Oc1ccc(CF)o1. The summed E-state index contributed by atoms with van der Waals surface area (Å²) in [5, 5.41) is 1.42. The maximum Gasteiger partial charge on any atom is 0.311 e. The highest BCUT2D eigenvalue weighted by Crippen LogP contribution is 2.19. The molecule has 0 spiro atoms. The van der Waals surface area contributed by atoms with Crippen molar-refractivity contribution in [2.45, 2.75) is 32.4 Å². The molecule has 7 heteroatoms. The number of esters is 1. The molecule has 0 aromatic carbocycles. The van der Waals surface area contributed by atoms with Crippen molar-refractivity contribution < 1.29 is 23.1 Å². The molecule has 1 aromatic heterocycles. The molecule has 1 aliphatic rings. The van der Waals surface area contributed by atoms with Gasteiger partial charge >= 0.3 is 12.3 Å². The molecule has 0 saturated carbocycles. The Labute approximate surface area is 133 Å². The van der Waals surface area contributed by atoms with Crippen LogP contribution in [0.4, 0.5) is 4.39 Å². The van der Waals surface area contributed by atoms with Gasteiger partial charge in [0, 0.05) is 19.2 Å². The minimum atomic E-state index is -1.20. The summed E-state index contributed by atoms with van der Waals surface area (Å²) in [6.07, 6.45) is 5.83. The molecule has 0 aliphatic carbocycles. The summed E-state index contributed by atoms with van der Waals surface area (Å²) >= 11 is 0. The Morgan fingerprint density at radius 2 is 2.30 bits per heavy atom. The van der Waals surface area contributed by atoms with E-state index in [9.17, 15) is 9.18 Å². The fraction of sp³-hybridized carbons (Fsp3) is 0.312. The second-order valence-electron chi connectivity index (χ2n) is 4.94. The Morgan fingerprint density at radius 1 is 1.52 bits per heavy atom. The average Bonchev–Trinajstić information content (AvgIpc) is 2.95. The lowest BCUT2D eigenvalue weighted by Gasteiger charge is -2.31. The second-order valence-corrected chi connectivity index (χ2v) is 4.94. The molecule has 2 unspecified atom stereocenters. The van der Waals surface area contributed by atoms with Crippen LogP contribution in [0.25, 0.3) is 0 Å². The zero-order chi connectivity index (χ0) is 16.9. The lowest BCUT2D eigenvalue weighted by molar-refractivity contribution is -0.155. The number of allylic oxidation sites excluding steroid dienone is 2. The van der Waals surface area contributed by atoms with Gasteiger partial charge in [-0.25, -0.2) is 10.2 Å². The zero-order valence-corrected chi connectivity index (χ0v) is 12.8. The number of ether oxygens (including phenoxy) is 2. The number of nitrogens with two attached hydrogens (primary N) is 1. The monoisotopic (exact) mass is 320 g/mol. The van der Waals surface area contributed by atoms with E-state index in [1.165, 1.54) is 24.1 Å². The molecule has 1 aliphatic heterocycles. The summed E-state index contributed by atoms with van der Waals surface area (Å²) in [7, 11) is 0. The molecule has 1 aromatic rings. The zero-order valence-electron chi connectivity index (χ0n) is 12.8. The second kappa shape index (κ2) is 7.03. The number of halogens is 1. The highest BCUT2D eigenvalue weighted by Gasteiger charge is 2.25. The van der Waals surface area contributed by atoms with Gasteiger partial charge in [0.05, 0.1) is 0 Å². The van der Waals surface area contributed by atoms with Gasteiger partial charge in [-0.05, 0) is 31.1 Å². The van der Waals surface area contributed by atoms with Gasteiger partial charge in [0.1, 0.15) is 18.0 Å². The van der Waals surface area contributed by atoms with Gasteiger partial charge in [-0.1, -0.05) is 12.0 Å². The molecule has 2 heterocycles. The highest BCUT2D eigenvalue weighted by atomic mass is 19.1. The van der Waals surface area contributed by atoms with E-state index in [0.29, 0.717) is 0 Å². The van der Waals surface area contributed by atoms with Crippen LogP contribution in [0.2, 0.25) is 0 Å². The van der Waals surface area contributed by atoms with Gasteiger partial charge in [-0.2, -0.15) is 0 Å². The lowest BCUT2D eigenvalue weighted by atomic mass is 10.00. The number of hydrogen-bond donors (Lipinski definition) is 1. The van der Waals surface area contributed by atoms with Gasteiger partial charge in [0.25, 0.3) is 5.95 Å². The molecule has 2 rings (SSSR count). The van der Waals surface area contributed by atoms with Gasteiger partial charge < -0.3 is 13.9 Å². The first-order valence-corrected chi connectivity index (χ1v) is 6.84.